The zero-order chi connectivity index (χ0) is 13.2. The molecule has 19 heavy (non-hydrogen) atoms. The number of rotatable bonds is 3. The van der Waals surface area contributed by atoms with E-state index in [-0.39, 0.29) is 0 Å². The van der Waals surface area contributed by atoms with Crippen molar-refractivity contribution in [1.82, 2.24) is 9.88 Å². The second kappa shape index (κ2) is 5.48. The number of nitrogens with zero attached hydrogens (tertiary/aromatic N) is 2. The van der Waals surface area contributed by atoms with E-state index in [9.17, 15) is 0 Å². The highest BCUT2D eigenvalue weighted by atomic mass is 35.5. The van der Waals surface area contributed by atoms with E-state index >= 15 is 0 Å². The molecule has 1 saturated heterocycles. The topological polar surface area (TPSA) is 16.1 Å². The van der Waals surface area contributed by atoms with Crippen LogP contribution in [-0.4, -0.2) is 22.5 Å². The molecule has 3 rings (SSSR count). The van der Waals surface area contributed by atoms with E-state index < -0.39 is 0 Å². The summed E-state index contributed by atoms with van der Waals surface area (Å²) in [6.07, 6.45) is 3.84. The predicted octanol–water partition coefficient (Wildman–Crippen LogP) is 4.26. The minimum Gasteiger partial charge on any atom is -0.296 e. The lowest BCUT2D eigenvalue weighted by molar-refractivity contribution is 0.240. The van der Waals surface area contributed by atoms with Crippen molar-refractivity contribution in [2.45, 2.75) is 38.8 Å². The first-order valence-corrected chi connectivity index (χ1v) is 7.44. The number of fused-ring (bicyclic) bond motifs is 1. The fourth-order valence-corrected chi connectivity index (χ4v) is 3.24. The van der Waals surface area contributed by atoms with Crippen molar-refractivity contribution < 1.29 is 0 Å². The Balaban J connectivity index is 1.90. The summed E-state index contributed by atoms with van der Waals surface area (Å²) in [5, 5.41) is 1.83. The molecule has 0 saturated carbocycles. The van der Waals surface area contributed by atoms with Crippen LogP contribution in [0, 0.1) is 0 Å². The average molecular weight is 275 g/mol. The highest BCUT2D eigenvalue weighted by Crippen LogP contribution is 2.26. The monoisotopic (exact) mass is 274 g/mol. The first kappa shape index (κ1) is 12.9. The second-order valence-corrected chi connectivity index (χ2v) is 5.66. The molecule has 3 heteroatoms. The summed E-state index contributed by atoms with van der Waals surface area (Å²) in [4.78, 5) is 7.05. The number of hydrogen-bond acceptors (Lipinski definition) is 2. The van der Waals surface area contributed by atoms with Gasteiger partial charge in [-0.2, -0.15) is 0 Å². The number of likely N-dealkylation sites (tertiary alicyclic amines) is 1. The molecule has 1 aliphatic rings. The van der Waals surface area contributed by atoms with E-state index in [0.29, 0.717) is 11.2 Å². The smallest absolute Gasteiger partial charge is 0.134 e. The molecule has 2 aromatic rings. The van der Waals surface area contributed by atoms with Crippen molar-refractivity contribution in [3.8, 4) is 0 Å². The summed E-state index contributed by atoms with van der Waals surface area (Å²) in [6.45, 7) is 4.38. The molecular weight excluding hydrogens is 256 g/mol. The third-order valence-corrected chi connectivity index (χ3v) is 4.42. The van der Waals surface area contributed by atoms with Crippen molar-refractivity contribution in [1.29, 1.82) is 0 Å². The van der Waals surface area contributed by atoms with Gasteiger partial charge in [0, 0.05) is 23.5 Å². The van der Waals surface area contributed by atoms with Gasteiger partial charge in [0.2, 0.25) is 0 Å². The molecule has 2 nitrogen and oxygen atoms in total. The Morgan fingerprint density at radius 3 is 3.05 bits per heavy atom. The fraction of sp³-hybridized carbons (Fsp3) is 0.438. The summed E-state index contributed by atoms with van der Waals surface area (Å²) in [5.74, 6) is 0. The van der Waals surface area contributed by atoms with Gasteiger partial charge >= 0.3 is 0 Å². The lowest BCUT2D eigenvalue weighted by Crippen LogP contribution is -2.28. The molecule has 0 N–H and O–H groups in total. The SMILES string of the molecule is CCC1CCCN1Cc1cc2ccccc2nc1Cl. The Hall–Kier alpha value is -1.12. The quantitative estimate of drug-likeness (QED) is 0.778. The number of para-hydroxylation sites is 1. The summed E-state index contributed by atoms with van der Waals surface area (Å²) in [6, 6.07) is 11.1. The summed E-state index contributed by atoms with van der Waals surface area (Å²) in [7, 11) is 0. The number of pyridine rings is 1. The maximum absolute atomic E-state index is 6.33. The zero-order valence-corrected chi connectivity index (χ0v) is 12.0. The molecule has 0 amide bonds. The molecule has 1 unspecified atom stereocenters. The highest BCUT2D eigenvalue weighted by Gasteiger charge is 2.23. The van der Waals surface area contributed by atoms with Crippen LogP contribution < -0.4 is 0 Å². The highest BCUT2D eigenvalue weighted by molar-refractivity contribution is 6.30. The first-order valence-electron chi connectivity index (χ1n) is 7.06. The Bertz CT molecular complexity index is 582. The molecule has 0 radical (unpaired) electrons. The standard InChI is InChI=1S/C16H19ClN2/c1-2-14-7-5-9-19(14)11-13-10-12-6-3-4-8-15(12)18-16(13)17/h3-4,6,8,10,14H,2,5,7,9,11H2,1H3. The van der Waals surface area contributed by atoms with Crippen LogP contribution >= 0.6 is 11.6 Å². The predicted molar refractivity (Wildman–Crippen MR) is 80.5 cm³/mol. The minimum absolute atomic E-state index is 0.653. The molecule has 1 aliphatic heterocycles. The zero-order valence-electron chi connectivity index (χ0n) is 11.3. The van der Waals surface area contributed by atoms with E-state index in [0.717, 1.165) is 17.6 Å². The molecule has 0 aliphatic carbocycles. The Kier molecular flexibility index (Phi) is 3.72. The van der Waals surface area contributed by atoms with Crippen LogP contribution in [0.3, 0.4) is 0 Å². The van der Waals surface area contributed by atoms with Crippen LogP contribution in [0.25, 0.3) is 10.9 Å². The van der Waals surface area contributed by atoms with E-state index in [1.54, 1.807) is 0 Å². The summed E-state index contributed by atoms with van der Waals surface area (Å²) >= 11 is 6.33. The number of halogens is 1. The molecule has 1 aromatic heterocycles. The Morgan fingerprint density at radius 2 is 2.21 bits per heavy atom. The lowest BCUT2D eigenvalue weighted by atomic mass is 10.1. The van der Waals surface area contributed by atoms with Gasteiger partial charge in [-0.15, -0.1) is 0 Å². The Labute approximate surface area is 119 Å². The van der Waals surface area contributed by atoms with Gasteiger partial charge in [-0.05, 0) is 37.9 Å². The van der Waals surface area contributed by atoms with E-state index in [2.05, 4.69) is 28.9 Å². The van der Waals surface area contributed by atoms with Gasteiger partial charge < -0.3 is 0 Å². The van der Waals surface area contributed by atoms with Crippen molar-refractivity contribution in [3.05, 3.63) is 41.0 Å². The van der Waals surface area contributed by atoms with E-state index in [4.69, 9.17) is 11.6 Å². The van der Waals surface area contributed by atoms with Gasteiger partial charge in [0.05, 0.1) is 5.52 Å². The molecule has 2 heterocycles. The van der Waals surface area contributed by atoms with Crippen molar-refractivity contribution in [3.63, 3.8) is 0 Å². The molecule has 0 spiro atoms. The van der Waals surface area contributed by atoms with Crippen molar-refractivity contribution in [2.75, 3.05) is 6.54 Å². The summed E-state index contributed by atoms with van der Waals surface area (Å²) < 4.78 is 0. The van der Waals surface area contributed by atoms with Crippen LogP contribution in [0.15, 0.2) is 30.3 Å². The van der Waals surface area contributed by atoms with Gasteiger partial charge in [-0.1, -0.05) is 36.7 Å². The number of benzene rings is 1. The third-order valence-electron chi connectivity index (χ3n) is 4.09. The van der Waals surface area contributed by atoms with Crippen molar-refractivity contribution in [2.24, 2.45) is 0 Å². The largest absolute Gasteiger partial charge is 0.296 e. The Morgan fingerprint density at radius 1 is 1.37 bits per heavy atom. The normalized spacial score (nSPS) is 20.2. The maximum Gasteiger partial charge on any atom is 0.134 e. The molecule has 0 bridgehead atoms. The van der Waals surface area contributed by atoms with Gasteiger partial charge in [0.25, 0.3) is 0 Å². The van der Waals surface area contributed by atoms with Gasteiger partial charge in [0.1, 0.15) is 5.15 Å². The van der Waals surface area contributed by atoms with E-state index in [1.165, 1.54) is 31.2 Å². The van der Waals surface area contributed by atoms with E-state index in [1.807, 2.05) is 18.2 Å². The molecular formula is C16H19ClN2. The van der Waals surface area contributed by atoms with Gasteiger partial charge in [0.15, 0.2) is 0 Å². The fourth-order valence-electron chi connectivity index (χ4n) is 3.03. The van der Waals surface area contributed by atoms with Crippen molar-refractivity contribution >= 4 is 22.5 Å². The third kappa shape index (κ3) is 2.60. The lowest BCUT2D eigenvalue weighted by Gasteiger charge is -2.23. The molecule has 100 valence electrons. The number of hydrogen-bond donors (Lipinski definition) is 0. The molecule has 1 fully saturated rings. The van der Waals surface area contributed by atoms with Gasteiger partial charge in [-0.3, -0.25) is 4.90 Å². The van der Waals surface area contributed by atoms with Crippen LogP contribution in [0.4, 0.5) is 0 Å². The van der Waals surface area contributed by atoms with Gasteiger partial charge in [-0.25, -0.2) is 4.98 Å². The minimum atomic E-state index is 0.653. The molecule has 1 aromatic carbocycles. The van der Waals surface area contributed by atoms with Crippen LogP contribution in [0.1, 0.15) is 31.7 Å². The van der Waals surface area contributed by atoms with Crippen LogP contribution in [-0.2, 0) is 6.54 Å². The number of aromatic nitrogens is 1. The molecule has 1 atom stereocenters. The maximum atomic E-state index is 6.33. The average Bonchev–Trinajstić information content (AvgIpc) is 2.87. The first-order chi connectivity index (χ1) is 9.28. The summed E-state index contributed by atoms with van der Waals surface area (Å²) in [5.41, 5.74) is 2.13. The second-order valence-electron chi connectivity index (χ2n) is 5.31. The van der Waals surface area contributed by atoms with Crippen LogP contribution in [0.5, 0.6) is 0 Å². The van der Waals surface area contributed by atoms with Crippen LogP contribution in [0.2, 0.25) is 5.15 Å².